The molecule has 0 aromatic carbocycles. The van der Waals surface area contributed by atoms with Crippen LogP contribution in [-0.4, -0.2) is 40.0 Å². The highest BCUT2D eigenvalue weighted by Gasteiger charge is 2.14. The van der Waals surface area contributed by atoms with Crippen molar-refractivity contribution in [1.82, 2.24) is 8.55 Å². The summed E-state index contributed by atoms with van der Waals surface area (Å²) in [4.78, 5) is 0. The maximum Gasteiger partial charge on any atom is 0.449 e. The van der Waals surface area contributed by atoms with E-state index in [2.05, 4.69) is 4.65 Å². The van der Waals surface area contributed by atoms with Crippen LogP contribution in [0.1, 0.15) is 0 Å². The molecule has 0 bridgehead atoms. The maximum atomic E-state index is 11.6. The van der Waals surface area contributed by atoms with E-state index in [1.54, 1.807) is 12.1 Å². The fourth-order valence-corrected chi connectivity index (χ4v) is 2.02. The molecule has 0 amide bonds. The van der Waals surface area contributed by atoms with Gasteiger partial charge in [0.25, 0.3) is 0 Å². The van der Waals surface area contributed by atoms with Gasteiger partial charge in [0.2, 0.25) is 15.2 Å². The molecule has 0 saturated carbocycles. The fraction of sp³-hybridized carbons (Fsp3) is 0.375. The molecule has 0 aliphatic rings. The van der Waals surface area contributed by atoms with Gasteiger partial charge in [0.15, 0.2) is 0 Å². The zero-order valence-corrected chi connectivity index (χ0v) is 10.1. The molecule has 0 aliphatic carbocycles. The minimum atomic E-state index is -3.47. The second-order valence-electron chi connectivity index (χ2n) is 3.38. The molecule has 6 nitrogen and oxygen atoms in total. The Bertz CT molecular complexity index is 499. The van der Waals surface area contributed by atoms with E-state index in [1.165, 1.54) is 12.4 Å². The van der Waals surface area contributed by atoms with Crippen molar-refractivity contribution >= 4 is 16.6 Å². The number of hydrogen-bond acceptors (Lipinski definition) is 4. The number of hydrogen-bond donors (Lipinski definition) is 1. The average molecular weight is 244 g/mol. The van der Waals surface area contributed by atoms with Gasteiger partial charge in [-0.25, -0.2) is 13.0 Å². The Labute approximate surface area is 95.2 Å². The van der Waals surface area contributed by atoms with Gasteiger partial charge in [0, 0.05) is 24.5 Å². The SMILES string of the molecule is C[N+](C)=c1ccn(S(=O)(=O)BOCN)cc1. The van der Waals surface area contributed by atoms with Crippen molar-refractivity contribution in [3.05, 3.63) is 29.9 Å². The highest BCUT2D eigenvalue weighted by atomic mass is 32.2. The highest BCUT2D eigenvalue weighted by Crippen LogP contribution is 1.93. The lowest BCUT2D eigenvalue weighted by Crippen LogP contribution is -2.26. The Kier molecular flexibility index (Phi) is 4.28. The molecular weight excluding hydrogens is 229 g/mol. The van der Waals surface area contributed by atoms with Crippen LogP contribution >= 0.6 is 0 Å². The van der Waals surface area contributed by atoms with Crippen molar-refractivity contribution in [1.29, 1.82) is 0 Å². The van der Waals surface area contributed by atoms with E-state index < -0.39 is 16.6 Å². The monoisotopic (exact) mass is 244 g/mol. The van der Waals surface area contributed by atoms with Crippen LogP contribution in [0.4, 0.5) is 0 Å². The zero-order chi connectivity index (χ0) is 12.2. The lowest BCUT2D eigenvalue weighted by molar-refractivity contribution is 0.357. The Morgan fingerprint density at radius 2 is 2.00 bits per heavy atom. The number of nitrogens with two attached hydrogens (primary N) is 1. The third kappa shape index (κ3) is 3.19. The fourth-order valence-electron chi connectivity index (χ4n) is 1.10. The van der Waals surface area contributed by atoms with E-state index in [0.29, 0.717) is 0 Å². The summed E-state index contributed by atoms with van der Waals surface area (Å²) in [6.07, 6.45) is 2.95. The molecule has 1 aromatic rings. The van der Waals surface area contributed by atoms with Gasteiger partial charge in [-0.3, -0.25) is 3.97 Å². The van der Waals surface area contributed by atoms with Crippen molar-refractivity contribution in [3.8, 4) is 0 Å². The smallest absolute Gasteiger partial charge is 0.410 e. The minimum absolute atomic E-state index is 0.116. The molecule has 0 unspecified atom stereocenters. The molecular formula is C8H15BN3O3S+. The minimum Gasteiger partial charge on any atom is -0.410 e. The summed E-state index contributed by atoms with van der Waals surface area (Å²) in [6.45, 7) is -0.537. The summed E-state index contributed by atoms with van der Waals surface area (Å²) in [5.41, 5.74) is 5.08. The van der Waals surface area contributed by atoms with Crippen LogP contribution in [0.5, 0.6) is 0 Å². The van der Waals surface area contributed by atoms with Crippen LogP contribution < -0.4 is 15.7 Å². The summed E-state index contributed by atoms with van der Waals surface area (Å²) in [7, 11) is 0.292. The molecule has 1 heterocycles. The topological polar surface area (TPSA) is 77.3 Å². The van der Waals surface area contributed by atoms with Crippen LogP contribution in [0.2, 0.25) is 0 Å². The molecule has 0 atom stereocenters. The van der Waals surface area contributed by atoms with Crippen LogP contribution in [0.25, 0.3) is 0 Å². The molecule has 2 N–H and O–H groups in total. The molecule has 0 spiro atoms. The third-order valence-electron chi connectivity index (χ3n) is 1.97. The van der Waals surface area contributed by atoms with Crippen molar-refractivity contribution in [2.24, 2.45) is 5.73 Å². The van der Waals surface area contributed by atoms with Gasteiger partial charge in [-0.15, -0.1) is 0 Å². The Balaban J connectivity index is 3.03. The third-order valence-corrected chi connectivity index (χ3v) is 3.32. The van der Waals surface area contributed by atoms with E-state index in [4.69, 9.17) is 5.73 Å². The van der Waals surface area contributed by atoms with Crippen LogP contribution in [0.3, 0.4) is 0 Å². The predicted molar refractivity (Wildman–Crippen MR) is 63.2 cm³/mol. The van der Waals surface area contributed by atoms with Gasteiger partial charge < -0.3 is 10.4 Å². The van der Waals surface area contributed by atoms with Gasteiger partial charge in [0.05, 0.1) is 6.73 Å². The van der Waals surface area contributed by atoms with Crippen molar-refractivity contribution in [2.75, 3.05) is 20.8 Å². The number of rotatable bonds is 4. The van der Waals surface area contributed by atoms with Gasteiger partial charge in [-0.2, -0.15) is 0 Å². The molecule has 16 heavy (non-hydrogen) atoms. The molecule has 1 rings (SSSR count). The van der Waals surface area contributed by atoms with Gasteiger partial charge in [-0.05, 0) is 0 Å². The molecule has 0 aliphatic heterocycles. The average Bonchev–Trinajstić information content (AvgIpc) is 2.26. The number of pyridine rings is 1. The van der Waals surface area contributed by atoms with E-state index in [-0.39, 0.29) is 6.73 Å². The van der Waals surface area contributed by atoms with E-state index in [1.807, 2.05) is 18.7 Å². The summed E-state index contributed by atoms with van der Waals surface area (Å²) >= 11 is 0. The van der Waals surface area contributed by atoms with Crippen molar-refractivity contribution in [3.63, 3.8) is 0 Å². The van der Waals surface area contributed by atoms with Crippen LogP contribution in [-0.2, 0) is 14.5 Å². The van der Waals surface area contributed by atoms with Gasteiger partial charge in [0.1, 0.15) is 14.1 Å². The summed E-state index contributed by atoms with van der Waals surface area (Å²) < 4.78 is 31.0. The number of nitrogens with zero attached hydrogens (tertiary/aromatic N) is 2. The first kappa shape index (κ1) is 13.0. The first-order valence-electron chi connectivity index (χ1n) is 4.67. The zero-order valence-electron chi connectivity index (χ0n) is 9.33. The standard InChI is InChI=1S/C8H15BN3O3S/c1-11(2)8-3-5-12(6-4-8)16(13,14)9-15-7-10/h3-6,9H,7,10H2,1-2H3/q+1. The Hall–Kier alpha value is -1.12. The summed E-state index contributed by atoms with van der Waals surface area (Å²) in [5.74, 6) is 0. The highest BCUT2D eigenvalue weighted by molar-refractivity contribution is 8.13. The molecule has 0 saturated heterocycles. The summed E-state index contributed by atoms with van der Waals surface area (Å²) in [5, 5.41) is 0.922. The second-order valence-corrected chi connectivity index (χ2v) is 5.20. The first-order chi connectivity index (χ1) is 7.47. The Morgan fingerprint density at radius 1 is 1.44 bits per heavy atom. The normalized spacial score (nSPS) is 11.2. The quantitative estimate of drug-likeness (QED) is 0.374. The van der Waals surface area contributed by atoms with E-state index in [0.717, 1.165) is 9.33 Å². The van der Waals surface area contributed by atoms with E-state index >= 15 is 0 Å². The van der Waals surface area contributed by atoms with Crippen LogP contribution in [0, 0.1) is 0 Å². The largest absolute Gasteiger partial charge is 0.449 e. The van der Waals surface area contributed by atoms with Crippen molar-refractivity contribution in [2.45, 2.75) is 0 Å². The molecule has 1 aromatic heterocycles. The maximum absolute atomic E-state index is 11.6. The molecule has 0 radical (unpaired) electrons. The number of aromatic nitrogens is 1. The molecule has 0 fully saturated rings. The lowest BCUT2D eigenvalue weighted by atomic mass is 10.5. The Morgan fingerprint density at radius 3 is 2.44 bits per heavy atom. The second kappa shape index (κ2) is 5.28. The molecule has 8 heteroatoms. The van der Waals surface area contributed by atoms with E-state index in [9.17, 15) is 8.42 Å². The molecule has 88 valence electrons. The summed E-state index contributed by atoms with van der Waals surface area (Å²) in [6, 6.07) is 3.42. The first-order valence-corrected chi connectivity index (χ1v) is 6.28. The predicted octanol–water partition coefficient (Wildman–Crippen LogP) is -2.10. The van der Waals surface area contributed by atoms with Gasteiger partial charge in [-0.1, -0.05) is 0 Å². The van der Waals surface area contributed by atoms with Gasteiger partial charge >= 0.3 is 6.76 Å². The van der Waals surface area contributed by atoms with Crippen molar-refractivity contribution < 1.29 is 13.1 Å². The lowest BCUT2D eigenvalue weighted by Gasteiger charge is -2.05. The van der Waals surface area contributed by atoms with Crippen LogP contribution in [0.15, 0.2) is 24.5 Å².